The number of aromatic hydroxyl groups is 1. The first kappa shape index (κ1) is 19.3. The van der Waals surface area contributed by atoms with Crippen molar-refractivity contribution in [1.29, 1.82) is 0 Å². The zero-order chi connectivity index (χ0) is 20.1. The third-order valence-electron chi connectivity index (χ3n) is 3.64. The molecule has 0 radical (unpaired) electrons. The Morgan fingerprint density at radius 3 is 2.57 bits per heavy atom. The largest absolute Gasteiger partial charge is 0.508 e. The van der Waals surface area contributed by atoms with Gasteiger partial charge in [-0.2, -0.15) is 0 Å². The van der Waals surface area contributed by atoms with E-state index in [-0.39, 0.29) is 23.2 Å². The third-order valence-corrected chi connectivity index (χ3v) is 4.45. The van der Waals surface area contributed by atoms with E-state index in [2.05, 4.69) is 10.6 Å². The first-order chi connectivity index (χ1) is 13.4. The molecule has 0 saturated carbocycles. The summed E-state index contributed by atoms with van der Waals surface area (Å²) < 4.78 is 10.8. The number of nitrogens with one attached hydrogen (secondary N) is 2. The monoisotopic (exact) mass is 400 g/mol. The van der Waals surface area contributed by atoms with Gasteiger partial charge in [0, 0.05) is 5.69 Å². The van der Waals surface area contributed by atoms with Crippen LogP contribution in [0.5, 0.6) is 17.2 Å². The molecule has 3 amide bonds. The van der Waals surface area contributed by atoms with Crippen molar-refractivity contribution < 1.29 is 29.0 Å². The molecule has 8 nitrogen and oxygen atoms in total. The van der Waals surface area contributed by atoms with Gasteiger partial charge >= 0.3 is 0 Å². The number of anilines is 1. The first-order valence-electron chi connectivity index (χ1n) is 8.09. The van der Waals surface area contributed by atoms with Crippen LogP contribution in [0.1, 0.15) is 5.56 Å². The Morgan fingerprint density at radius 1 is 1.18 bits per heavy atom. The van der Waals surface area contributed by atoms with Crippen LogP contribution in [0.25, 0.3) is 6.08 Å². The van der Waals surface area contributed by atoms with Gasteiger partial charge in [-0.25, -0.2) is 0 Å². The van der Waals surface area contributed by atoms with Gasteiger partial charge in [-0.15, -0.1) is 0 Å². The summed E-state index contributed by atoms with van der Waals surface area (Å²) in [7, 11) is 1.45. The molecule has 1 aliphatic heterocycles. The smallest absolute Gasteiger partial charge is 0.290 e. The van der Waals surface area contributed by atoms with Gasteiger partial charge < -0.3 is 19.9 Å². The molecule has 28 heavy (non-hydrogen) atoms. The van der Waals surface area contributed by atoms with Crippen LogP contribution in [0.4, 0.5) is 10.5 Å². The van der Waals surface area contributed by atoms with Gasteiger partial charge in [-0.1, -0.05) is 6.07 Å². The van der Waals surface area contributed by atoms with E-state index < -0.39 is 11.1 Å². The fourth-order valence-corrected chi connectivity index (χ4v) is 3.03. The second kappa shape index (κ2) is 8.49. The summed E-state index contributed by atoms with van der Waals surface area (Å²) >= 11 is 0.823. The zero-order valence-electron chi connectivity index (χ0n) is 14.7. The number of imide groups is 1. The number of rotatable bonds is 6. The van der Waals surface area contributed by atoms with E-state index in [0.29, 0.717) is 22.7 Å². The van der Waals surface area contributed by atoms with Crippen LogP contribution >= 0.6 is 11.8 Å². The van der Waals surface area contributed by atoms with Crippen molar-refractivity contribution in [1.82, 2.24) is 5.32 Å². The Hall–Kier alpha value is -3.46. The van der Waals surface area contributed by atoms with Crippen LogP contribution in [0, 0.1) is 0 Å². The van der Waals surface area contributed by atoms with Gasteiger partial charge in [0.05, 0.1) is 12.0 Å². The van der Waals surface area contributed by atoms with E-state index in [1.54, 1.807) is 36.4 Å². The molecule has 1 fully saturated rings. The Bertz CT molecular complexity index is 955. The van der Waals surface area contributed by atoms with Crippen LogP contribution in [0.3, 0.4) is 0 Å². The normalized spacial score (nSPS) is 14.7. The van der Waals surface area contributed by atoms with Gasteiger partial charge in [0.15, 0.2) is 18.1 Å². The van der Waals surface area contributed by atoms with Crippen LogP contribution in [0.15, 0.2) is 47.4 Å². The second-order valence-corrected chi connectivity index (χ2v) is 6.66. The molecule has 0 atom stereocenters. The number of methoxy groups -OCH3 is 1. The van der Waals surface area contributed by atoms with Crippen LogP contribution < -0.4 is 20.1 Å². The molecule has 3 rings (SSSR count). The molecule has 0 spiro atoms. The average molecular weight is 400 g/mol. The van der Waals surface area contributed by atoms with Crippen molar-refractivity contribution in [3.63, 3.8) is 0 Å². The molecule has 3 N–H and O–H groups in total. The highest BCUT2D eigenvalue weighted by Gasteiger charge is 2.25. The van der Waals surface area contributed by atoms with E-state index in [4.69, 9.17) is 9.47 Å². The van der Waals surface area contributed by atoms with Crippen molar-refractivity contribution in [3.8, 4) is 17.2 Å². The average Bonchev–Trinajstić information content (AvgIpc) is 2.99. The Kier molecular flexibility index (Phi) is 5.85. The minimum Gasteiger partial charge on any atom is -0.508 e. The van der Waals surface area contributed by atoms with Gasteiger partial charge in [0.25, 0.3) is 17.1 Å². The van der Waals surface area contributed by atoms with E-state index in [0.717, 1.165) is 11.8 Å². The second-order valence-electron chi connectivity index (χ2n) is 5.65. The maximum atomic E-state index is 12.0. The van der Waals surface area contributed by atoms with Crippen molar-refractivity contribution in [2.24, 2.45) is 0 Å². The molecule has 2 aromatic rings. The summed E-state index contributed by atoms with van der Waals surface area (Å²) in [6.07, 6.45) is 1.56. The Morgan fingerprint density at radius 2 is 1.93 bits per heavy atom. The lowest BCUT2D eigenvalue weighted by Gasteiger charge is -2.11. The summed E-state index contributed by atoms with van der Waals surface area (Å²) in [5, 5.41) is 13.7. The minimum absolute atomic E-state index is 0.104. The highest BCUT2D eigenvalue weighted by atomic mass is 32.2. The molecule has 0 aliphatic carbocycles. The molecule has 1 heterocycles. The highest BCUT2D eigenvalue weighted by molar-refractivity contribution is 8.18. The number of ether oxygens (including phenoxy) is 2. The van der Waals surface area contributed by atoms with Crippen LogP contribution in [-0.4, -0.2) is 35.9 Å². The van der Waals surface area contributed by atoms with Crippen molar-refractivity contribution in [2.75, 3.05) is 19.0 Å². The lowest BCUT2D eigenvalue weighted by Crippen LogP contribution is -2.20. The number of hydrogen-bond donors (Lipinski definition) is 3. The summed E-state index contributed by atoms with van der Waals surface area (Å²) in [6, 6.07) is 11.0. The minimum atomic E-state index is -0.444. The standard InChI is InChI=1S/C19H16N2O6S/c1-26-15-8-11(9-16-18(24)21-19(25)28-16)2-7-14(15)27-10-17(23)20-12-3-5-13(22)6-4-12/h2-9,22H,10H2,1H3,(H,20,23)(H,21,24,25)/b16-9-. The number of carbonyl (C=O) groups is 3. The molecule has 1 saturated heterocycles. The Balaban J connectivity index is 1.64. The molecule has 1 aliphatic rings. The van der Waals surface area contributed by atoms with E-state index >= 15 is 0 Å². The zero-order valence-corrected chi connectivity index (χ0v) is 15.5. The number of phenols is 1. The molecule has 0 bridgehead atoms. The van der Waals surface area contributed by atoms with Crippen LogP contribution in [-0.2, 0) is 9.59 Å². The SMILES string of the molecule is COc1cc(/C=C2\SC(=O)NC2=O)ccc1OCC(=O)Nc1ccc(O)cc1. The topological polar surface area (TPSA) is 114 Å². The predicted molar refractivity (Wildman–Crippen MR) is 104 cm³/mol. The fourth-order valence-electron chi connectivity index (χ4n) is 2.35. The third kappa shape index (κ3) is 4.83. The maximum absolute atomic E-state index is 12.0. The molecule has 9 heteroatoms. The lowest BCUT2D eigenvalue weighted by molar-refractivity contribution is -0.118. The number of thioether (sulfide) groups is 1. The van der Waals surface area contributed by atoms with E-state index in [1.165, 1.54) is 19.2 Å². The van der Waals surface area contributed by atoms with E-state index in [1.807, 2.05) is 0 Å². The van der Waals surface area contributed by atoms with Gasteiger partial charge in [0.1, 0.15) is 5.75 Å². The predicted octanol–water partition coefficient (Wildman–Crippen LogP) is 2.74. The van der Waals surface area contributed by atoms with Crippen LogP contribution in [0.2, 0.25) is 0 Å². The fraction of sp³-hybridized carbons (Fsp3) is 0.105. The van der Waals surface area contributed by atoms with E-state index in [9.17, 15) is 19.5 Å². The number of benzene rings is 2. The molecule has 2 aromatic carbocycles. The Labute approximate surface area is 164 Å². The maximum Gasteiger partial charge on any atom is 0.290 e. The number of amides is 3. The molecule has 0 aromatic heterocycles. The van der Waals surface area contributed by atoms with Crippen molar-refractivity contribution >= 4 is 40.6 Å². The molecule has 144 valence electrons. The number of carbonyl (C=O) groups excluding carboxylic acids is 3. The summed E-state index contributed by atoms with van der Waals surface area (Å²) in [5.74, 6) is 0.00944. The lowest BCUT2D eigenvalue weighted by atomic mass is 10.2. The van der Waals surface area contributed by atoms with Crippen molar-refractivity contribution in [3.05, 3.63) is 52.9 Å². The quantitative estimate of drug-likeness (QED) is 0.505. The summed E-state index contributed by atoms with van der Waals surface area (Å²) in [6.45, 7) is -0.246. The van der Waals surface area contributed by atoms with Gasteiger partial charge in [-0.3, -0.25) is 19.7 Å². The number of phenolic OH excluding ortho intramolecular Hbond substituents is 1. The first-order valence-corrected chi connectivity index (χ1v) is 8.91. The highest BCUT2D eigenvalue weighted by Crippen LogP contribution is 2.31. The summed E-state index contributed by atoms with van der Waals surface area (Å²) in [4.78, 5) is 35.1. The van der Waals surface area contributed by atoms with Gasteiger partial charge in [-0.05, 0) is 59.8 Å². The summed E-state index contributed by atoms with van der Waals surface area (Å²) in [5.41, 5.74) is 1.17. The van der Waals surface area contributed by atoms with Gasteiger partial charge in [0.2, 0.25) is 0 Å². The van der Waals surface area contributed by atoms with Crippen molar-refractivity contribution in [2.45, 2.75) is 0 Å². The molecular formula is C19H16N2O6S. The molecular weight excluding hydrogens is 384 g/mol. The number of hydrogen-bond acceptors (Lipinski definition) is 7. The molecule has 0 unspecified atom stereocenters.